The number of rotatable bonds is 5. The lowest BCUT2D eigenvalue weighted by Crippen LogP contribution is -2.28. The summed E-state index contributed by atoms with van der Waals surface area (Å²) in [7, 11) is 1.76. The first-order chi connectivity index (χ1) is 10.9. The third kappa shape index (κ3) is 4.19. The Bertz CT molecular complexity index is 700. The molecule has 0 saturated heterocycles. The second kappa shape index (κ2) is 7.09. The monoisotopic (exact) mass is 311 g/mol. The summed E-state index contributed by atoms with van der Waals surface area (Å²) in [6.45, 7) is 4.49. The third-order valence-corrected chi connectivity index (χ3v) is 4.02. The summed E-state index contributed by atoms with van der Waals surface area (Å²) in [5.41, 5.74) is 4.48. The quantitative estimate of drug-likeness (QED) is 0.922. The highest BCUT2D eigenvalue weighted by atomic mass is 16.4. The van der Waals surface area contributed by atoms with Gasteiger partial charge in [0.15, 0.2) is 0 Å². The Balaban J connectivity index is 2.04. The van der Waals surface area contributed by atoms with Crippen molar-refractivity contribution in [2.24, 2.45) is 0 Å². The number of aromatic carboxylic acids is 1. The van der Waals surface area contributed by atoms with Crippen LogP contribution in [-0.2, 0) is 17.8 Å². The van der Waals surface area contributed by atoms with E-state index in [1.165, 1.54) is 0 Å². The molecule has 2 rings (SSSR count). The molecular weight excluding hydrogens is 290 g/mol. The van der Waals surface area contributed by atoms with Crippen molar-refractivity contribution < 1.29 is 14.7 Å². The van der Waals surface area contributed by atoms with Gasteiger partial charge in [-0.1, -0.05) is 30.3 Å². The smallest absolute Gasteiger partial charge is 0.335 e. The van der Waals surface area contributed by atoms with Gasteiger partial charge in [0.2, 0.25) is 5.91 Å². The molecule has 1 amide bonds. The standard InChI is InChI=1S/C19H21NO3/c1-13-5-4-6-14(2)17(13)11-18(21)20(3)12-15-7-9-16(10-8-15)19(22)23/h4-10H,11-12H2,1-3H3,(H,22,23). The second-order valence-corrected chi connectivity index (χ2v) is 5.80. The van der Waals surface area contributed by atoms with Gasteiger partial charge in [0.1, 0.15) is 0 Å². The van der Waals surface area contributed by atoms with E-state index in [4.69, 9.17) is 5.11 Å². The molecular formula is C19H21NO3. The number of aryl methyl sites for hydroxylation is 2. The highest BCUT2D eigenvalue weighted by molar-refractivity contribution is 5.87. The molecule has 120 valence electrons. The number of amides is 1. The fourth-order valence-electron chi connectivity index (χ4n) is 2.53. The van der Waals surface area contributed by atoms with Gasteiger partial charge in [0.25, 0.3) is 0 Å². The first kappa shape index (κ1) is 16.7. The van der Waals surface area contributed by atoms with E-state index in [1.807, 2.05) is 32.0 Å². The lowest BCUT2D eigenvalue weighted by atomic mass is 9.99. The first-order valence-electron chi connectivity index (χ1n) is 7.49. The highest BCUT2D eigenvalue weighted by Gasteiger charge is 2.13. The van der Waals surface area contributed by atoms with E-state index in [2.05, 4.69) is 0 Å². The van der Waals surface area contributed by atoms with Crippen LogP contribution in [0.15, 0.2) is 42.5 Å². The Kier molecular flexibility index (Phi) is 5.16. The summed E-state index contributed by atoms with van der Waals surface area (Å²) in [6.07, 6.45) is 0.377. The van der Waals surface area contributed by atoms with Crippen LogP contribution >= 0.6 is 0 Å². The highest BCUT2D eigenvalue weighted by Crippen LogP contribution is 2.15. The maximum Gasteiger partial charge on any atom is 0.335 e. The van der Waals surface area contributed by atoms with Gasteiger partial charge in [0, 0.05) is 13.6 Å². The summed E-state index contributed by atoms with van der Waals surface area (Å²) in [5, 5.41) is 8.90. The number of carboxylic acids is 1. The minimum absolute atomic E-state index is 0.0460. The minimum Gasteiger partial charge on any atom is -0.478 e. The molecule has 0 aliphatic carbocycles. The maximum atomic E-state index is 12.4. The van der Waals surface area contributed by atoms with Crippen molar-refractivity contribution in [2.75, 3.05) is 7.05 Å². The van der Waals surface area contributed by atoms with Crippen molar-refractivity contribution in [3.63, 3.8) is 0 Å². The largest absolute Gasteiger partial charge is 0.478 e. The van der Waals surface area contributed by atoms with Crippen LogP contribution in [-0.4, -0.2) is 28.9 Å². The van der Waals surface area contributed by atoms with Crippen LogP contribution in [0.2, 0.25) is 0 Å². The average molecular weight is 311 g/mol. The summed E-state index contributed by atoms with van der Waals surface area (Å²) < 4.78 is 0. The number of likely N-dealkylation sites (N-methyl/N-ethyl adjacent to an activating group) is 1. The molecule has 1 N–H and O–H groups in total. The minimum atomic E-state index is -0.948. The van der Waals surface area contributed by atoms with E-state index < -0.39 is 5.97 Å². The average Bonchev–Trinajstić information content (AvgIpc) is 2.51. The van der Waals surface area contributed by atoms with Crippen LogP contribution in [0.4, 0.5) is 0 Å². The molecule has 4 heteroatoms. The molecule has 0 aromatic heterocycles. The molecule has 2 aromatic carbocycles. The van der Waals surface area contributed by atoms with E-state index in [1.54, 1.807) is 36.2 Å². The van der Waals surface area contributed by atoms with Crippen LogP contribution in [0.5, 0.6) is 0 Å². The topological polar surface area (TPSA) is 57.6 Å². The van der Waals surface area contributed by atoms with E-state index in [9.17, 15) is 9.59 Å². The van der Waals surface area contributed by atoms with E-state index in [-0.39, 0.29) is 11.5 Å². The molecule has 0 bridgehead atoms. The molecule has 4 nitrogen and oxygen atoms in total. The van der Waals surface area contributed by atoms with E-state index in [0.29, 0.717) is 13.0 Å². The van der Waals surface area contributed by atoms with Crippen molar-refractivity contribution in [3.8, 4) is 0 Å². The Morgan fingerprint density at radius 2 is 1.57 bits per heavy atom. The van der Waals surface area contributed by atoms with Gasteiger partial charge in [0.05, 0.1) is 12.0 Å². The molecule has 23 heavy (non-hydrogen) atoms. The number of nitrogens with zero attached hydrogens (tertiary/aromatic N) is 1. The zero-order valence-corrected chi connectivity index (χ0v) is 13.7. The molecule has 0 aliphatic rings. The van der Waals surface area contributed by atoms with Crippen LogP contribution in [0, 0.1) is 13.8 Å². The fourth-order valence-corrected chi connectivity index (χ4v) is 2.53. The van der Waals surface area contributed by atoms with E-state index in [0.717, 1.165) is 22.3 Å². The number of hydrogen-bond donors (Lipinski definition) is 1. The molecule has 0 saturated carbocycles. The number of carboxylic acid groups (broad SMARTS) is 1. The Morgan fingerprint density at radius 1 is 1.00 bits per heavy atom. The summed E-state index contributed by atoms with van der Waals surface area (Å²) in [4.78, 5) is 24.9. The van der Waals surface area contributed by atoms with Crippen molar-refractivity contribution in [2.45, 2.75) is 26.8 Å². The summed E-state index contributed by atoms with van der Waals surface area (Å²) in [5.74, 6) is -0.902. The molecule has 0 fully saturated rings. The number of carbonyl (C=O) groups is 2. The SMILES string of the molecule is Cc1cccc(C)c1CC(=O)N(C)Cc1ccc(C(=O)O)cc1. The van der Waals surface area contributed by atoms with Crippen LogP contribution < -0.4 is 0 Å². The maximum absolute atomic E-state index is 12.4. The van der Waals surface area contributed by atoms with E-state index >= 15 is 0 Å². The Labute approximate surface area is 136 Å². The van der Waals surface area contributed by atoms with Gasteiger partial charge in [-0.05, 0) is 48.2 Å². The van der Waals surface area contributed by atoms with Gasteiger partial charge in [-0.25, -0.2) is 4.79 Å². The van der Waals surface area contributed by atoms with Gasteiger partial charge in [-0.3, -0.25) is 4.79 Å². The molecule has 0 atom stereocenters. The lowest BCUT2D eigenvalue weighted by Gasteiger charge is -2.19. The number of hydrogen-bond acceptors (Lipinski definition) is 2. The summed E-state index contributed by atoms with van der Waals surface area (Å²) in [6, 6.07) is 12.6. The Hall–Kier alpha value is -2.62. The van der Waals surface area contributed by atoms with Gasteiger partial charge >= 0.3 is 5.97 Å². The zero-order valence-electron chi connectivity index (χ0n) is 13.7. The predicted octanol–water partition coefficient (Wildman–Crippen LogP) is 3.20. The van der Waals surface area contributed by atoms with Crippen LogP contribution in [0.25, 0.3) is 0 Å². The first-order valence-corrected chi connectivity index (χ1v) is 7.49. The van der Waals surface area contributed by atoms with Gasteiger partial charge < -0.3 is 10.0 Å². The van der Waals surface area contributed by atoms with Crippen LogP contribution in [0.3, 0.4) is 0 Å². The Morgan fingerprint density at radius 3 is 2.09 bits per heavy atom. The predicted molar refractivity (Wildman–Crippen MR) is 89.5 cm³/mol. The number of carbonyl (C=O) groups excluding carboxylic acids is 1. The van der Waals surface area contributed by atoms with Crippen molar-refractivity contribution >= 4 is 11.9 Å². The van der Waals surface area contributed by atoms with Crippen molar-refractivity contribution in [3.05, 3.63) is 70.3 Å². The fraction of sp³-hybridized carbons (Fsp3) is 0.263. The second-order valence-electron chi connectivity index (χ2n) is 5.80. The molecule has 2 aromatic rings. The van der Waals surface area contributed by atoms with Crippen molar-refractivity contribution in [1.29, 1.82) is 0 Å². The molecule has 0 aliphatic heterocycles. The van der Waals surface area contributed by atoms with Crippen molar-refractivity contribution in [1.82, 2.24) is 4.90 Å². The molecule has 0 radical (unpaired) electrons. The van der Waals surface area contributed by atoms with Crippen LogP contribution in [0.1, 0.15) is 32.6 Å². The molecule has 0 unspecified atom stereocenters. The van der Waals surface area contributed by atoms with Gasteiger partial charge in [-0.15, -0.1) is 0 Å². The normalized spacial score (nSPS) is 10.4. The number of benzene rings is 2. The lowest BCUT2D eigenvalue weighted by molar-refractivity contribution is -0.129. The molecule has 0 heterocycles. The molecule has 0 spiro atoms. The summed E-state index contributed by atoms with van der Waals surface area (Å²) >= 11 is 0. The van der Waals surface area contributed by atoms with Gasteiger partial charge in [-0.2, -0.15) is 0 Å². The third-order valence-electron chi connectivity index (χ3n) is 4.02. The zero-order chi connectivity index (χ0) is 17.0.